The quantitative estimate of drug-likeness (QED) is 0.294. The van der Waals surface area contributed by atoms with Crippen molar-refractivity contribution in [2.45, 2.75) is 26.1 Å². The molecule has 0 atom stereocenters. The number of aromatic nitrogens is 6. The predicted molar refractivity (Wildman–Crippen MR) is 131 cm³/mol. The van der Waals surface area contributed by atoms with Gasteiger partial charge in [-0.1, -0.05) is 12.6 Å². The molecule has 0 spiro atoms. The van der Waals surface area contributed by atoms with Crippen molar-refractivity contribution < 1.29 is 32.6 Å². The summed E-state index contributed by atoms with van der Waals surface area (Å²) >= 11 is 0. The summed E-state index contributed by atoms with van der Waals surface area (Å²) in [7, 11) is 1.83. The van der Waals surface area contributed by atoms with Gasteiger partial charge in [-0.05, 0) is 32.1 Å². The van der Waals surface area contributed by atoms with Gasteiger partial charge in [-0.2, -0.15) is 28.2 Å². The van der Waals surface area contributed by atoms with Gasteiger partial charge >= 0.3 is 18.2 Å². The van der Waals surface area contributed by atoms with Gasteiger partial charge in [-0.15, -0.1) is 0 Å². The molecule has 0 saturated heterocycles. The van der Waals surface area contributed by atoms with Gasteiger partial charge in [0.2, 0.25) is 5.91 Å². The second-order valence-corrected chi connectivity index (χ2v) is 7.93. The number of hydrogen-bond donors (Lipinski definition) is 3. The lowest BCUT2D eigenvalue weighted by Gasteiger charge is -2.11. The van der Waals surface area contributed by atoms with Crippen molar-refractivity contribution in [2.24, 2.45) is 7.05 Å². The van der Waals surface area contributed by atoms with E-state index >= 15 is 0 Å². The number of hydrogen-bond acceptors (Lipinski definition) is 8. The molecular weight excluding hydrogens is 509 g/mol. The van der Waals surface area contributed by atoms with E-state index in [1.807, 2.05) is 31.7 Å². The molecule has 0 aliphatic heterocycles. The van der Waals surface area contributed by atoms with Crippen LogP contribution in [-0.4, -0.2) is 52.5 Å². The van der Waals surface area contributed by atoms with Crippen molar-refractivity contribution >= 4 is 40.2 Å². The van der Waals surface area contributed by atoms with E-state index in [2.05, 4.69) is 37.3 Å². The number of halogens is 3. The van der Waals surface area contributed by atoms with Gasteiger partial charge in [0.15, 0.2) is 17.0 Å². The minimum absolute atomic E-state index is 0.147. The Bertz CT molecular complexity index is 1460. The number of carbonyl (C=O) groups is 2. The van der Waals surface area contributed by atoms with Gasteiger partial charge in [0.25, 0.3) is 0 Å². The molecule has 12 nitrogen and oxygen atoms in total. The third kappa shape index (κ3) is 7.05. The Labute approximate surface area is 213 Å². The standard InChI is InChI=1S/C21H22N8O2.C2HF3O2/c1-5-17(30)24-14-7-6-8-16(9-14)31-21-26-19(25-15-10-23-28(4)11-15)18-20(27-21)29(12-22-18)13(2)3;3-2(4,5)1(6)7/h5-13H,1H2,2-4H3,(H,24,30)(H,25,26,27);(H,6,7). The number of carboxylic acid groups (broad SMARTS) is 1. The third-order valence-corrected chi connectivity index (χ3v) is 4.66. The molecule has 0 bridgehead atoms. The number of alkyl halides is 3. The topological polar surface area (TPSA) is 149 Å². The first-order valence-corrected chi connectivity index (χ1v) is 10.9. The zero-order valence-electron chi connectivity index (χ0n) is 20.4. The SMILES string of the molecule is C=CC(=O)Nc1cccc(Oc2nc(Nc3cnn(C)c3)c3ncn(C(C)C)c3n2)c1.O=C(O)C(F)(F)F. The van der Waals surface area contributed by atoms with Crippen LogP contribution in [0.15, 0.2) is 55.6 Å². The van der Waals surface area contributed by atoms with Crippen LogP contribution in [0.3, 0.4) is 0 Å². The molecule has 0 aliphatic carbocycles. The van der Waals surface area contributed by atoms with Crippen molar-refractivity contribution in [2.75, 3.05) is 10.6 Å². The summed E-state index contributed by atoms with van der Waals surface area (Å²) in [5, 5.41) is 17.2. The summed E-state index contributed by atoms with van der Waals surface area (Å²) in [6, 6.07) is 7.25. The van der Waals surface area contributed by atoms with Gasteiger partial charge in [0, 0.05) is 31.0 Å². The highest BCUT2D eigenvalue weighted by Gasteiger charge is 2.38. The highest BCUT2D eigenvalue weighted by molar-refractivity contribution is 5.99. The van der Waals surface area contributed by atoms with Crippen LogP contribution in [0.1, 0.15) is 19.9 Å². The number of ether oxygens (including phenoxy) is 1. The maximum atomic E-state index is 11.6. The number of rotatable bonds is 7. The summed E-state index contributed by atoms with van der Waals surface area (Å²) in [5.74, 6) is -2.08. The first-order valence-electron chi connectivity index (χ1n) is 10.9. The Morgan fingerprint density at radius 1 is 1.21 bits per heavy atom. The average Bonchev–Trinajstić information content (AvgIpc) is 3.45. The van der Waals surface area contributed by atoms with Gasteiger partial charge in [0.05, 0.1) is 18.2 Å². The van der Waals surface area contributed by atoms with Gasteiger partial charge in [-0.3, -0.25) is 9.48 Å². The van der Waals surface area contributed by atoms with Crippen LogP contribution in [0, 0.1) is 0 Å². The summed E-state index contributed by atoms with van der Waals surface area (Å²) in [6.07, 6.45) is 1.38. The first-order chi connectivity index (χ1) is 17.9. The van der Waals surface area contributed by atoms with Crippen molar-refractivity contribution in [3.8, 4) is 11.8 Å². The number of anilines is 3. The molecule has 4 rings (SSSR count). The zero-order chi connectivity index (χ0) is 28.0. The Morgan fingerprint density at radius 3 is 2.50 bits per heavy atom. The number of fused-ring (bicyclic) bond motifs is 1. The molecule has 0 fully saturated rings. The number of imidazole rings is 1. The fraction of sp³-hybridized carbons (Fsp3) is 0.217. The third-order valence-electron chi connectivity index (χ3n) is 4.66. The van der Waals surface area contributed by atoms with Crippen LogP contribution in [0.25, 0.3) is 11.2 Å². The van der Waals surface area contributed by atoms with E-state index in [-0.39, 0.29) is 18.0 Å². The Kier molecular flexibility index (Phi) is 8.29. The molecule has 15 heteroatoms. The molecule has 0 saturated carbocycles. The minimum atomic E-state index is -5.08. The molecule has 1 amide bonds. The fourth-order valence-electron chi connectivity index (χ4n) is 2.97. The Hall–Kier alpha value is -4.95. The second-order valence-electron chi connectivity index (χ2n) is 7.93. The summed E-state index contributed by atoms with van der Waals surface area (Å²) in [5.41, 5.74) is 2.60. The predicted octanol–water partition coefficient (Wildman–Crippen LogP) is 4.43. The van der Waals surface area contributed by atoms with Crippen LogP contribution in [0.4, 0.5) is 30.4 Å². The monoisotopic (exact) mass is 532 g/mol. The van der Waals surface area contributed by atoms with E-state index in [4.69, 9.17) is 14.6 Å². The van der Waals surface area contributed by atoms with Crippen molar-refractivity contribution in [3.05, 3.63) is 55.6 Å². The zero-order valence-corrected chi connectivity index (χ0v) is 20.4. The highest BCUT2D eigenvalue weighted by Crippen LogP contribution is 2.29. The lowest BCUT2D eigenvalue weighted by atomic mass is 10.3. The van der Waals surface area contributed by atoms with Crippen LogP contribution >= 0.6 is 0 Å². The van der Waals surface area contributed by atoms with Crippen LogP contribution in [-0.2, 0) is 16.6 Å². The molecule has 3 N–H and O–H groups in total. The number of aryl methyl sites for hydroxylation is 1. The highest BCUT2D eigenvalue weighted by atomic mass is 19.4. The van der Waals surface area contributed by atoms with Crippen molar-refractivity contribution in [1.82, 2.24) is 29.3 Å². The van der Waals surface area contributed by atoms with Crippen molar-refractivity contribution in [1.29, 1.82) is 0 Å². The largest absolute Gasteiger partial charge is 0.490 e. The molecule has 38 heavy (non-hydrogen) atoms. The molecule has 4 aromatic rings. The normalized spacial score (nSPS) is 11.0. The van der Waals surface area contributed by atoms with E-state index < -0.39 is 12.1 Å². The number of benzene rings is 1. The number of amides is 1. The van der Waals surface area contributed by atoms with E-state index in [0.29, 0.717) is 28.4 Å². The van der Waals surface area contributed by atoms with Gasteiger partial charge in [-0.25, -0.2) is 9.78 Å². The molecule has 0 aliphatic rings. The van der Waals surface area contributed by atoms with E-state index in [1.54, 1.807) is 41.5 Å². The fourth-order valence-corrected chi connectivity index (χ4v) is 2.97. The molecule has 3 aromatic heterocycles. The van der Waals surface area contributed by atoms with Crippen molar-refractivity contribution in [3.63, 3.8) is 0 Å². The summed E-state index contributed by atoms with van der Waals surface area (Å²) in [6.45, 7) is 7.55. The summed E-state index contributed by atoms with van der Waals surface area (Å²) < 4.78 is 41.3. The number of carboxylic acids is 1. The van der Waals surface area contributed by atoms with Gasteiger partial charge < -0.3 is 25.0 Å². The summed E-state index contributed by atoms with van der Waals surface area (Å²) in [4.78, 5) is 34.0. The molecule has 3 heterocycles. The average molecular weight is 532 g/mol. The minimum Gasteiger partial charge on any atom is -0.475 e. The van der Waals surface area contributed by atoms with E-state index in [9.17, 15) is 18.0 Å². The molecule has 0 unspecified atom stereocenters. The lowest BCUT2D eigenvalue weighted by Crippen LogP contribution is -2.21. The molecular formula is C23H23F3N8O4. The number of aliphatic carboxylic acids is 1. The van der Waals surface area contributed by atoms with E-state index in [0.717, 1.165) is 5.69 Å². The van der Waals surface area contributed by atoms with Crippen LogP contribution in [0.2, 0.25) is 0 Å². The number of carbonyl (C=O) groups excluding carboxylic acids is 1. The Balaban J connectivity index is 0.000000505. The lowest BCUT2D eigenvalue weighted by molar-refractivity contribution is -0.192. The first kappa shape index (κ1) is 27.6. The van der Waals surface area contributed by atoms with Crippen LogP contribution in [0.5, 0.6) is 11.8 Å². The Morgan fingerprint density at radius 2 is 1.92 bits per heavy atom. The molecule has 200 valence electrons. The number of nitrogens with one attached hydrogen (secondary N) is 2. The molecule has 0 radical (unpaired) electrons. The maximum absolute atomic E-state index is 11.6. The van der Waals surface area contributed by atoms with Gasteiger partial charge in [0.1, 0.15) is 5.75 Å². The van der Waals surface area contributed by atoms with Crippen LogP contribution < -0.4 is 15.4 Å². The second kappa shape index (κ2) is 11.4. The maximum Gasteiger partial charge on any atom is 0.490 e. The smallest absolute Gasteiger partial charge is 0.475 e. The molecule has 1 aromatic carbocycles. The van der Waals surface area contributed by atoms with E-state index in [1.165, 1.54) is 6.08 Å². The number of nitrogens with zero attached hydrogens (tertiary/aromatic N) is 6.